The lowest BCUT2D eigenvalue weighted by Crippen LogP contribution is -2.28. The number of benzene rings is 1. The van der Waals surface area contributed by atoms with Crippen molar-refractivity contribution in [3.05, 3.63) is 23.8 Å². The molecule has 4 atom stereocenters. The summed E-state index contributed by atoms with van der Waals surface area (Å²) in [6.45, 7) is 3.00. The van der Waals surface area contributed by atoms with Crippen LogP contribution in [0.25, 0.3) is 0 Å². The van der Waals surface area contributed by atoms with Crippen molar-refractivity contribution in [1.29, 1.82) is 0 Å². The second-order valence-corrected chi connectivity index (χ2v) is 6.27. The molecular formula is C16H23NO2. The topological polar surface area (TPSA) is 52.5 Å². The minimum atomic E-state index is -0.0136. The first-order valence-corrected chi connectivity index (χ1v) is 7.39. The molecule has 0 amide bonds. The van der Waals surface area contributed by atoms with Gasteiger partial charge in [0.25, 0.3) is 0 Å². The van der Waals surface area contributed by atoms with Crippen LogP contribution in [0.2, 0.25) is 0 Å². The Labute approximate surface area is 114 Å². The Balaban J connectivity index is 1.61. The van der Waals surface area contributed by atoms with Gasteiger partial charge in [-0.1, -0.05) is 12.5 Å². The van der Waals surface area contributed by atoms with E-state index in [0.29, 0.717) is 5.56 Å². The van der Waals surface area contributed by atoms with Crippen molar-refractivity contribution in [2.75, 3.05) is 6.54 Å². The Morgan fingerprint density at radius 3 is 2.53 bits per heavy atom. The van der Waals surface area contributed by atoms with Crippen LogP contribution in [0.15, 0.2) is 18.2 Å². The van der Waals surface area contributed by atoms with Crippen molar-refractivity contribution in [3.63, 3.8) is 0 Å². The van der Waals surface area contributed by atoms with Gasteiger partial charge in [0, 0.05) is 6.04 Å². The van der Waals surface area contributed by atoms with Gasteiger partial charge in [-0.25, -0.2) is 0 Å². The summed E-state index contributed by atoms with van der Waals surface area (Å²) in [4.78, 5) is 0. The predicted octanol–water partition coefficient (Wildman–Crippen LogP) is 3.18. The number of phenols is 2. The summed E-state index contributed by atoms with van der Waals surface area (Å²) in [5.74, 6) is 3.00. The fraction of sp³-hybridized carbons (Fsp3) is 0.625. The molecule has 0 aliphatic heterocycles. The van der Waals surface area contributed by atoms with Crippen LogP contribution in [0.4, 0.5) is 0 Å². The minimum Gasteiger partial charge on any atom is -0.507 e. The van der Waals surface area contributed by atoms with Gasteiger partial charge in [-0.2, -0.15) is 0 Å². The van der Waals surface area contributed by atoms with Gasteiger partial charge >= 0.3 is 0 Å². The van der Waals surface area contributed by atoms with Crippen molar-refractivity contribution >= 4 is 0 Å². The molecule has 2 aliphatic rings. The van der Waals surface area contributed by atoms with Gasteiger partial charge < -0.3 is 15.5 Å². The molecule has 3 nitrogen and oxygen atoms in total. The Hall–Kier alpha value is -1.22. The van der Waals surface area contributed by atoms with E-state index in [-0.39, 0.29) is 17.5 Å². The van der Waals surface area contributed by atoms with Crippen LogP contribution in [-0.4, -0.2) is 16.8 Å². The van der Waals surface area contributed by atoms with Gasteiger partial charge in [0.15, 0.2) is 0 Å². The molecule has 2 saturated carbocycles. The molecule has 1 aromatic carbocycles. The number of hydrogen-bond acceptors (Lipinski definition) is 3. The van der Waals surface area contributed by atoms with E-state index in [9.17, 15) is 10.2 Å². The number of aromatic hydroxyl groups is 2. The van der Waals surface area contributed by atoms with Crippen LogP contribution in [-0.2, 0) is 0 Å². The van der Waals surface area contributed by atoms with Gasteiger partial charge in [-0.3, -0.25) is 0 Å². The van der Waals surface area contributed by atoms with Gasteiger partial charge in [0.2, 0.25) is 0 Å². The minimum absolute atomic E-state index is 0.0136. The molecule has 0 heterocycles. The molecule has 0 aromatic heterocycles. The molecule has 0 radical (unpaired) electrons. The van der Waals surface area contributed by atoms with Gasteiger partial charge in [-0.15, -0.1) is 0 Å². The van der Waals surface area contributed by atoms with E-state index >= 15 is 0 Å². The molecule has 2 aliphatic carbocycles. The van der Waals surface area contributed by atoms with E-state index in [1.165, 1.54) is 25.7 Å². The molecule has 4 unspecified atom stereocenters. The lowest BCUT2D eigenvalue weighted by atomic mass is 9.88. The number of hydrogen-bond donors (Lipinski definition) is 3. The van der Waals surface area contributed by atoms with Gasteiger partial charge in [-0.05, 0) is 62.6 Å². The highest BCUT2D eigenvalue weighted by Gasteiger charge is 2.39. The lowest BCUT2D eigenvalue weighted by molar-refractivity contribution is 0.306. The normalized spacial score (nSPS) is 30.7. The average molecular weight is 261 g/mol. The largest absolute Gasteiger partial charge is 0.507 e. The molecule has 2 fully saturated rings. The van der Waals surface area contributed by atoms with Crippen molar-refractivity contribution in [2.24, 2.45) is 17.8 Å². The molecule has 19 heavy (non-hydrogen) atoms. The van der Waals surface area contributed by atoms with Crippen molar-refractivity contribution in [2.45, 2.75) is 38.6 Å². The van der Waals surface area contributed by atoms with Crippen LogP contribution in [0.1, 0.15) is 44.2 Å². The van der Waals surface area contributed by atoms with Crippen molar-refractivity contribution in [1.82, 2.24) is 5.32 Å². The maximum absolute atomic E-state index is 9.86. The van der Waals surface area contributed by atoms with E-state index in [1.807, 2.05) is 6.92 Å². The van der Waals surface area contributed by atoms with E-state index in [2.05, 4.69) is 5.32 Å². The average Bonchev–Trinajstić information content (AvgIpc) is 2.98. The summed E-state index contributed by atoms with van der Waals surface area (Å²) < 4.78 is 0. The van der Waals surface area contributed by atoms with Gasteiger partial charge in [0.1, 0.15) is 11.5 Å². The third-order valence-corrected chi connectivity index (χ3v) is 5.06. The fourth-order valence-corrected chi connectivity index (χ4v) is 4.04. The Morgan fingerprint density at radius 1 is 1.21 bits per heavy atom. The summed E-state index contributed by atoms with van der Waals surface area (Å²) in [7, 11) is 0. The molecule has 2 bridgehead atoms. The first-order chi connectivity index (χ1) is 9.15. The number of rotatable bonds is 4. The number of phenolic OH excluding ortho intramolecular Hbond substituents is 2. The molecule has 3 rings (SSSR count). The molecule has 3 N–H and O–H groups in total. The molecular weight excluding hydrogens is 238 g/mol. The quantitative estimate of drug-likeness (QED) is 0.780. The standard InChI is InChI=1S/C16H23NO2/c1-10(16-14(18)3-2-4-15(16)19)17-9-13-8-11-5-6-12(13)7-11/h2-4,10-13,17-19H,5-9H2,1H3. The highest BCUT2D eigenvalue weighted by molar-refractivity contribution is 5.44. The Morgan fingerprint density at radius 2 is 1.95 bits per heavy atom. The number of nitrogens with one attached hydrogen (secondary N) is 1. The summed E-state index contributed by atoms with van der Waals surface area (Å²) in [6, 6.07) is 4.91. The molecule has 3 heteroatoms. The molecule has 0 spiro atoms. The highest BCUT2D eigenvalue weighted by atomic mass is 16.3. The summed E-state index contributed by atoms with van der Waals surface area (Å²) in [5, 5.41) is 23.2. The van der Waals surface area contributed by atoms with Crippen LogP contribution < -0.4 is 5.32 Å². The first kappa shape index (κ1) is 12.8. The van der Waals surface area contributed by atoms with Crippen molar-refractivity contribution < 1.29 is 10.2 Å². The summed E-state index contributed by atoms with van der Waals surface area (Å²) >= 11 is 0. The van der Waals surface area contributed by atoms with E-state index in [1.54, 1.807) is 18.2 Å². The Bertz CT molecular complexity index is 440. The van der Waals surface area contributed by atoms with E-state index < -0.39 is 0 Å². The van der Waals surface area contributed by atoms with Crippen LogP contribution in [0, 0.1) is 17.8 Å². The highest BCUT2D eigenvalue weighted by Crippen LogP contribution is 2.48. The van der Waals surface area contributed by atoms with E-state index in [0.717, 1.165) is 24.3 Å². The third-order valence-electron chi connectivity index (χ3n) is 5.06. The monoisotopic (exact) mass is 261 g/mol. The molecule has 104 valence electrons. The smallest absolute Gasteiger partial charge is 0.124 e. The third kappa shape index (κ3) is 2.44. The first-order valence-electron chi connectivity index (χ1n) is 7.39. The number of fused-ring (bicyclic) bond motifs is 2. The maximum atomic E-state index is 9.86. The van der Waals surface area contributed by atoms with Crippen LogP contribution >= 0.6 is 0 Å². The molecule has 0 saturated heterocycles. The van der Waals surface area contributed by atoms with Crippen molar-refractivity contribution in [3.8, 4) is 11.5 Å². The zero-order valence-electron chi connectivity index (χ0n) is 11.5. The fourth-order valence-electron chi connectivity index (χ4n) is 4.04. The predicted molar refractivity (Wildman–Crippen MR) is 75.1 cm³/mol. The van der Waals surface area contributed by atoms with E-state index in [4.69, 9.17) is 0 Å². The lowest BCUT2D eigenvalue weighted by Gasteiger charge is -2.25. The zero-order valence-corrected chi connectivity index (χ0v) is 11.5. The second kappa shape index (κ2) is 5.04. The zero-order chi connectivity index (χ0) is 13.4. The summed E-state index contributed by atoms with van der Waals surface area (Å²) in [5.41, 5.74) is 0.616. The van der Waals surface area contributed by atoms with Gasteiger partial charge in [0.05, 0.1) is 5.56 Å². The molecule has 1 aromatic rings. The maximum Gasteiger partial charge on any atom is 0.124 e. The Kier molecular flexibility index (Phi) is 3.40. The second-order valence-electron chi connectivity index (χ2n) is 6.27. The summed E-state index contributed by atoms with van der Waals surface area (Å²) in [6.07, 6.45) is 5.60. The van der Waals surface area contributed by atoms with Crippen LogP contribution in [0.5, 0.6) is 11.5 Å². The SMILES string of the molecule is CC(NCC1CC2CCC1C2)c1c(O)cccc1O. The van der Waals surface area contributed by atoms with Crippen LogP contribution in [0.3, 0.4) is 0 Å².